The predicted octanol–water partition coefficient (Wildman–Crippen LogP) is 2.83. The lowest BCUT2D eigenvalue weighted by atomic mass is 9.43. The van der Waals surface area contributed by atoms with Gasteiger partial charge < -0.3 is 42.7 Å². The summed E-state index contributed by atoms with van der Waals surface area (Å²) < 4.78 is 0. The van der Waals surface area contributed by atoms with Crippen LogP contribution in [0, 0.1) is 46.3 Å². The molecule has 4 aliphatic carbocycles. The molecule has 0 bridgehead atoms. The van der Waals surface area contributed by atoms with E-state index in [0.29, 0.717) is 65.3 Å². The van der Waals surface area contributed by atoms with Crippen molar-refractivity contribution in [1.82, 2.24) is 31.9 Å². The van der Waals surface area contributed by atoms with Gasteiger partial charge in [0.2, 0.25) is 5.91 Å². The zero-order valence-electron chi connectivity index (χ0n) is 30.3. The van der Waals surface area contributed by atoms with Gasteiger partial charge in [-0.3, -0.25) is 4.79 Å². The molecule has 0 aromatic rings. The quantitative estimate of drug-likeness (QED) is 0.0946. The van der Waals surface area contributed by atoms with Gasteiger partial charge in [-0.2, -0.15) is 0 Å². The van der Waals surface area contributed by atoms with Crippen LogP contribution in [0.5, 0.6) is 0 Å². The van der Waals surface area contributed by atoms with E-state index in [-0.39, 0.29) is 18.1 Å². The Morgan fingerprint density at radius 3 is 2.00 bits per heavy atom. The molecule has 9 nitrogen and oxygen atoms in total. The third kappa shape index (κ3) is 9.66. The number of nitrogens with one attached hydrogen (secondary N) is 6. The van der Waals surface area contributed by atoms with E-state index >= 15 is 0 Å². The molecule has 9 heteroatoms. The third-order valence-corrected chi connectivity index (χ3v) is 13.2. The highest BCUT2D eigenvalue weighted by molar-refractivity contribution is 5.76. The molecule has 4 rings (SSSR count). The minimum atomic E-state index is -0.158. The Morgan fingerprint density at radius 2 is 1.37 bits per heavy atom. The monoisotopic (exact) mass is 648 g/mol. The van der Waals surface area contributed by atoms with E-state index in [4.69, 9.17) is 5.73 Å². The normalized spacial score (nSPS) is 36.2. The van der Waals surface area contributed by atoms with E-state index in [1.807, 2.05) is 13.8 Å². The van der Waals surface area contributed by atoms with E-state index in [2.05, 4.69) is 52.7 Å². The van der Waals surface area contributed by atoms with Gasteiger partial charge in [-0.1, -0.05) is 20.8 Å². The summed E-state index contributed by atoms with van der Waals surface area (Å²) >= 11 is 0. The molecule has 4 aliphatic rings. The number of hydrogen-bond acceptors (Lipinski definition) is 8. The largest absolute Gasteiger partial charge is 0.393 e. The van der Waals surface area contributed by atoms with E-state index in [0.717, 1.165) is 71.7 Å². The van der Waals surface area contributed by atoms with Gasteiger partial charge in [0.1, 0.15) is 0 Å². The fourth-order valence-corrected chi connectivity index (χ4v) is 10.8. The average molecular weight is 648 g/mol. The van der Waals surface area contributed by atoms with Crippen molar-refractivity contribution in [3.63, 3.8) is 0 Å². The lowest BCUT2D eigenvalue weighted by Crippen LogP contribution is -2.59. The molecule has 10 atom stereocenters. The van der Waals surface area contributed by atoms with Gasteiger partial charge in [-0.25, -0.2) is 0 Å². The maximum Gasteiger partial charge on any atom is 0.220 e. The molecular formula is C37H73N7O2. The Morgan fingerprint density at radius 1 is 0.783 bits per heavy atom. The first-order chi connectivity index (χ1) is 22.1. The standard InChI is InChI=1S/C37H73N7O2/c1-26(2)44-34(46)9-6-27(3)30-7-8-31-35-32(11-13-37(30,31)5)36(4)12-10-29(24-28(36)25-33(35)45)43-23-22-42-21-20-41-19-18-40-17-16-39-15-14-38/h26-33,35,39-43,45H,6-25,38H2,1-5H3,(H,44,46)/t27-,28?,29+,30?,31?,32?,33+,35?,36+,37-/m1/s1. The fourth-order valence-electron chi connectivity index (χ4n) is 10.8. The second kappa shape index (κ2) is 18.3. The third-order valence-electron chi connectivity index (χ3n) is 13.2. The number of carbonyl (C=O) groups is 1. The van der Waals surface area contributed by atoms with Crippen LogP contribution < -0.4 is 37.6 Å². The van der Waals surface area contributed by atoms with Crippen molar-refractivity contribution in [2.45, 2.75) is 117 Å². The summed E-state index contributed by atoms with van der Waals surface area (Å²) in [6.45, 7) is 21.1. The van der Waals surface area contributed by atoms with Crippen LogP contribution in [0.3, 0.4) is 0 Å². The summed E-state index contributed by atoms with van der Waals surface area (Å²) in [5.41, 5.74) is 6.15. The molecule has 0 heterocycles. The summed E-state index contributed by atoms with van der Waals surface area (Å²) in [4.78, 5) is 12.4. The Balaban J connectivity index is 1.16. The number of carbonyl (C=O) groups excluding carboxylic acids is 1. The number of rotatable bonds is 20. The second-order valence-electron chi connectivity index (χ2n) is 16.5. The topological polar surface area (TPSA) is 136 Å². The van der Waals surface area contributed by atoms with Crippen molar-refractivity contribution in [3.8, 4) is 0 Å². The summed E-state index contributed by atoms with van der Waals surface area (Å²) in [5.74, 6) is 3.79. The molecule has 0 radical (unpaired) electrons. The van der Waals surface area contributed by atoms with Gasteiger partial charge in [-0.15, -0.1) is 0 Å². The van der Waals surface area contributed by atoms with Gasteiger partial charge in [0.15, 0.2) is 0 Å². The Labute approximate surface area is 281 Å². The minimum absolute atomic E-state index is 0.158. The zero-order valence-corrected chi connectivity index (χ0v) is 30.3. The minimum Gasteiger partial charge on any atom is -0.393 e. The van der Waals surface area contributed by atoms with Crippen molar-refractivity contribution in [2.75, 3.05) is 65.4 Å². The first kappa shape index (κ1) is 38.0. The van der Waals surface area contributed by atoms with Gasteiger partial charge in [0.05, 0.1) is 6.10 Å². The maximum absolute atomic E-state index is 12.4. The predicted molar refractivity (Wildman–Crippen MR) is 191 cm³/mol. The van der Waals surface area contributed by atoms with Crippen molar-refractivity contribution in [3.05, 3.63) is 0 Å². The number of aliphatic hydroxyl groups is 1. The molecule has 0 aromatic carbocycles. The van der Waals surface area contributed by atoms with Gasteiger partial charge in [0.25, 0.3) is 0 Å². The van der Waals surface area contributed by atoms with Crippen LogP contribution in [-0.4, -0.2) is 94.6 Å². The number of nitrogens with two attached hydrogens (primary N) is 1. The van der Waals surface area contributed by atoms with E-state index < -0.39 is 0 Å². The fraction of sp³-hybridized carbons (Fsp3) is 0.973. The molecule has 268 valence electrons. The first-order valence-corrected chi connectivity index (χ1v) is 19.3. The van der Waals surface area contributed by atoms with Crippen LogP contribution in [-0.2, 0) is 4.79 Å². The molecule has 9 N–H and O–H groups in total. The van der Waals surface area contributed by atoms with E-state index in [1.165, 1.54) is 44.9 Å². The highest BCUT2D eigenvalue weighted by Gasteiger charge is 2.62. The average Bonchev–Trinajstić information content (AvgIpc) is 3.37. The van der Waals surface area contributed by atoms with E-state index in [1.54, 1.807) is 0 Å². The van der Waals surface area contributed by atoms with E-state index in [9.17, 15) is 9.90 Å². The van der Waals surface area contributed by atoms with Crippen LogP contribution in [0.25, 0.3) is 0 Å². The SMILES string of the molecule is CC(C)NC(=O)CC[C@@H](C)C1CCC2C3C(CC[C@@]21C)[C@@]1(C)CC[C@H](NCCNCCNCCNCCNCCN)CC1C[C@@H]3O. The second-order valence-corrected chi connectivity index (χ2v) is 16.5. The lowest BCUT2D eigenvalue weighted by molar-refractivity contribution is -0.167. The number of hydrogen-bond donors (Lipinski definition) is 8. The first-order valence-electron chi connectivity index (χ1n) is 19.3. The summed E-state index contributed by atoms with van der Waals surface area (Å²) in [7, 11) is 0. The molecule has 1 amide bonds. The molecule has 0 spiro atoms. The van der Waals surface area contributed by atoms with Crippen LogP contribution in [0.2, 0.25) is 0 Å². The molecular weight excluding hydrogens is 574 g/mol. The van der Waals surface area contributed by atoms with Gasteiger partial charge in [-0.05, 0) is 118 Å². The van der Waals surface area contributed by atoms with Crippen molar-refractivity contribution >= 4 is 5.91 Å². The molecule has 0 aromatic heterocycles. The smallest absolute Gasteiger partial charge is 0.220 e. The molecule has 0 saturated heterocycles. The number of amides is 1. The van der Waals surface area contributed by atoms with Gasteiger partial charge in [0, 0.05) is 84.0 Å². The summed E-state index contributed by atoms with van der Waals surface area (Å²) in [6, 6.07) is 0.786. The Kier molecular flexibility index (Phi) is 15.1. The van der Waals surface area contributed by atoms with Crippen LogP contribution in [0.4, 0.5) is 0 Å². The van der Waals surface area contributed by atoms with Crippen molar-refractivity contribution < 1.29 is 9.90 Å². The highest BCUT2D eigenvalue weighted by Crippen LogP contribution is 2.68. The molecule has 0 aliphatic heterocycles. The van der Waals surface area contributed by atoms with Crippen LogP contribution >= 0.6 is 0 Å². The van der Waals surface area contributed by atoms with Crippen LogP contribution in [0.1, 0.15) is 98.8 Å². The molecule has 4 fully saturated rings. The van der Waals surface area contributed by atoms with Crippen molar-refractivity contribution in [1.29, 1.82) is 0 Å². The molecule has 46 heavy (non-hydrogen) atoms. The van der Waals surface area contributed by atoms with Gasteiger partial charge >= 0.3 is 0 Å². The summed E-state index contributed by atoms with van der Waals surface area (Å²) in [5, 5.41) is 32.6. The summed E-state index contributed by atoms with van der Waals surface area (Å²) in [6.07, 6.45) is 11.3. The maximum atomic E-state index is 12.4. The molecule has 4 saturated carbocycles. The number of fused-ring (bicyclic) bond motifs is 5. The number of aliphatic hydroxyl groups excluding tert-OH is 1. The Bertz CT molecular complexity index is 907. The van der Waals surface area contributed by atoms with Crippen molar-refractivity contribution in [2.24, 2.45) is 52.1 Å². The van der Waals surface area contributed by atoms with Crippen LogP contribution in [0.15, 0.2) is 0 Å². The lowest BCUT2D eigenvalue weighted by Gasteiger charge is -2.62. The molecule has 5 unspecified atom stereocenters. The highest BCUT2D eigenvalue weighted by atomic mass is 16.3. The Hall–Kier alpha value is -0.810. The zero-order chi connectivity index (χ0) is 33.2.